The van der Waals surface area contributed by atoms with Crippen molar-refractivity contribution >= 4 is 17.2 Å². The Morgan fingerprint density at radius 1 is 1.24 bits per heavy atom. The quantitative estimate of drug-likeness (QED) is 0.775. The SMILES string of the molecule is CCCC1=C(c2ccc(Cl)cc2)CCN(C)C1. The van der Waals surface area contributed by atoms with Crippen molar-refractivity contribution in [2.24, 2.45) is 0 Å². The van der Waals surface area contributed by atoms with E-state index < -0.39 is 0 Å². The molecule has 1 aromatic rings. The van der Waals surface area contributed by atoms with Gasteiger partial charge >= 0.3 is 0 Å². The maximum atomic E-state index is 5.95. The van der Waals surface area contributed by atoms with Crippen LogP contribution in [0, 0.1) is 0 Å². The number of hydrogen-bond donors (Lipinski definition) is 0. The van der Waals surface area contributed by atoms with E-state index in [1.54, 1.807) is 11.1 Å². The summed E-state index contributed by atoms with van der Waals surface area (Å²) in [5.74, 6) is 0. The highest BCUT2D eigenvalue weighted by Crippen LogP contribution is 2.30. The van der Waals surface area contributed by atoms with Crippen molar-refractivity contribution < 1.29 is 0 Å². The van der Waals surface area contributed by atoms with Crippen LogP contribution in [0.4, 0.5) is 0 Å². The molecular formula is C15H20ClN. The van der Waals surface area contributed by atoms with Crippen LogP contribution in [0.1, 0.15) is 31.7 Å². The average molecular weight is 250 g/mol. The molecular weight excluding hydrogens is 230 g/mol. The lowest BCUT2D eigenvalue weighted by molar-refractivity contribution is 0.354. The molecule has 0 saturated heterocycles. The van der Waals surface area contributed by atoms with Gasteiger partial charge in [-0.05, 0) is 43.2 Å². The number of halogens is 1. The molecule has 1 aromatic carbocycles. The van der Waals surface area contributed by atoms with Gasteiger partial charge in [0.1, 0.15) is 0 Å². The van der Waals surface area contributed by atoms with Gasteiger partial charge in [-0.25, -0.2) is 0 Å². The summed E-state index contributed by atoms with van der Waals surface area (Å²) in [5.41, 5.74) is 4.50. The first-order valence-corrected chi connectivity index (χ1v) is 6.74. The van der Waals surface area contributed by atoms with E-state index in [0.29, 0.717) is 0 Å². The number of benzene rings is 1. The van der Waals surface area contributed by atoms with Crippen LogP contribution in [-0.2, 0) is 0 Å². The summed E-state index contributed by atoms with van der Waals surface area (Å²) in [5, 5.41) is 0.819. The summed E-state index contributed by atoms with van der Waals surface area (Å²) in [6.07, 6.45) is 3.59. The van der Waals surface area contributed by atoms with Gasteiger partial charge in [0.15, 0.2) is 0 Å². The van der Waals surface area contributed by atoms with E-state index in [2.05, 4.69) is 31.0 Å². The largest absolute Gasteiger partial charge is 0.302 e. The van der Waals surface area contributed by atoms with E-state index in [4.69, 9.17) is 11.6 Å². The fraction of sp³-hybridized carbons (Fsp3) is 0.467. The molecule has 1 nitrogen and oxygen atoms in total. The van der Waals surface area contributed by atoms with E-state index >= 15 is 0 Å². The van der Waals surface area contributed by atoms with E-state index in [0.717, 1.165) is 24.5 Å². The minimum atomic E-state index is 0.819. The van der Waals surface area contributed by atoms with Gasteiger partial charge in [-0.15, -0.1) is 0 Å². The highest BCUT2D eigenvalue weighted by Gasteiger charge is 2.16. The highest BCUT2D eigenvalue weighted by molar-refractivity contribution is 6.30. The molecule has 0 aromatic heterocycles. The Morgan fingerprint density at radius 3 is 2.59 bits per heavy atom. The summed E-state index contributed by atoms with van der Waals surface area (Å²) >= 11 is 5.95. The minimum Gasteiger partial charge on any atom is -0.302 e. The van der Waals surface area contributed by atoms with Gasteiger partial charge in [0.05, 0.1) is 0 Å². The van der Waals surface area contributed by atoms with Crippen LogP contribution >= 0.6 is 11.6 Å². The van der Waals surface area contributed by atoms with Crippen molar-refractivity contribution in [2.75, 3.05) is 20.1 Å². The minimum absolute atomic E-state index is 0.819. The zero-order chi connectivity index (χ0) is 12.3. The third-order valence-corrected chi connectivity index (χ3v) is 3.63. The van der Waals surface area contributed by atoms with Gasteiger partial charge < -0.3 is 4.90 Å². The van der Waals surface area contributed by atoms with Crippen molar-refractivity contribution in [3.05, 3.63) is 40.4 Å². The molecule has 1 heterocycles. The first-order chi connectivity index (χ1) is 8.20. The molecule has 0 radical (unpaired) electrons. The molecule has 1 aliphatic heterocycles. The Bertz CT molecular complexity index is 405. The van der Waals surface area contributed by atoms with Gasteiger partial charge in [-0.3, -0.25) is 0 Å². The highest BCUT2D eigenvalue weighted by atomic mass is 35.5. The van der Waals surface area contributed by atoms with Crippen LogP contribution in [-0.4, -0.2) is 25.0 Å². The van der Waals surface area contributed by atoms with Crippen molar-refractivity contribution in [2.45, 2.75) is 26.2 Å². The van der Waals surface area contributed by atoms with Gasteiger partial charge in [-0.1, -0.05) is 42.7 Å². The summed E-state index contributed by atoms with van der Waals surface area (Å²) < 4.78 is 0. The lowest BCUT2D eigenvalue weighted by Crippen LogP contribution is -2.27. The Morgan fingerprint density at radius 2 is 1.94 bits per heavy atom. The summed E-state index contributed by atoms with van der Waals surface area (Å²) in [6, 6.07) is 8.29. The second-order valence-electron chi connectivity index (χ2n) is 4.83. The smallest absolute Gasteiger partial charge is 0.0406 e. The maximum Gasteiger partial charge on any atom is 0.0406 e. The van der Waals surface area contributed by atoms with E-state index in [-0.39, 0.29) is 0 Å². The normalized spacial score (nSPS) is 17.6. The molecule has 0 aliphatic carbocycles. The second kappa shape index (κ2) is 5.70. The Labute approximate surface area is 109 Å². The predicted molar refractivity (Wildman–Crippen MR) is 75.4 cm³/mol. The van der Waals surface area contributed by atoms with Crippen LogP contribution in [0.25, 0.3) is 5.57 Å². The molecule has 0 unspecified atom stereocenters. The molecule has 1 aliphatic rings. The van der Waals surface area contributed by atoms with Crippen LogP contribution < -0.4 is 0 Å². The van der Waals surface area contributed by atoms with Gasteiger partial charge in [0, 0.05) is 18.1 Å². The maximum absolute atomic E-state index is 5.95. The van der Waals surface area contributed by atoms with Crippen molar-refractivity contribution in [1.29, 1.82) is 0 Å². The third kappa shape index (κ3) is 3.11. The Hall–Kier alpha value is -0.790. The summed E-state index contributed by atoms with van der Waals surface area (Å²) in [4.78, 5) is 2.41. The molecule has 0 amide bonds. The first kappa shape index (κ1) is 12.7. The zero-order valence-electron chi connectivity index (χ0n) is 10.7. The molecule has 0 spiro atoms. The Kier molecular flexibility index (Phi) is 4.25. The summed E-state index contributed by atoms with van der Waals surface area (Å²) in [6.45, 7) is 4.53. The number of rotatable bonds is 3. The van der Waals surface area contributed by atoms with E-state index in [1.807, 2.05) is 12.1 Å². The molecule has 92 valence electrons. The standard InChI is InChI=1S/C15H20ClN/c1-3-4-13-11-17(2)10-9-15(13)12-5-7-14(16)8-6-12/h5-8H,3-4,9-11H2,1-2H3. The second-order valence-corrected chi connectivity index (χ2v) is 5.26. The molecule has 0 saturated carbocycles. The Balaban J connectivity index is 2.32. The van der Waals surface area contributed by atoms with Crippen molar-refractivity contribution in [3.8, 4) is 0 Å². The van der Waals surface area contributed by atoms with Gasteiger partial charge in [0.2, 0.25) is 0 Å². The molecule has 0 atom stereocenters. The van der Waals surface area contributed by atoms with Crippen LogP contribution in [0.3, 0.4) is 0 Å². The van der Waals surface area contributed by atoms with E-state index in [9.17, 15) is 0 Å². The fourth-order valence-electron chi connectivity index (χ4n) is 2.51. The van der Waals surface area contributed by atoms with Crippen molar-refractivity contribution in [1.82, 2.24) is 4.90 Å². The predicted octanol–water partition coefficient (Wildman–Crippen LogP) is 4.23. The number of hydrogen-bond acceptors (Lipinski definition) is 1. The van der Waals surface area contributed by atoms with Crippen LogP contribution in [0.15, 0.2) is 29.8 Å². The molecule has 0 bridgehead atoms. The molecule has 0 fully saturated rings. The molecule has 17 heavy (non-hydrogen) atoms. The van der Waals surface area contributed by atoms with Gasteiger partial charge in [0.25, 0.3) is 0 Å². The van der Waals surface area contributed by atoms with Gasteiger partial charge in [-0.2, -0.15) is 0 Å². The number of likely N-dealkylation sites (N-methyl/N-ethyl adjacent to an activating group) is 1. The molecule has 2 rings (SSSR count). The fourth-order valence-corrected chi connectivity index (χ4v) is 2.64. The third-order valence-electron chi connectivity index (χ3n) is 3.38. The van der Waals surface area contributed by atoms with E-state index in [1.165, 1.54) is 18.4 Å². The monoisotopic (exact) mass is 249 g/mol. The molecule has 0 N–H and O–H groups in total. The summed E-state index contributed by atoms with van der Waals surface area (Å²) in [7, 11) is 2.20. The average Bonchev–Trinajstić information content (AvgIpc) is 2.31. The number of nitrogens with zero attached hydrogens (tertiary/aromatic N) is 1. The zero-order valence-corrected chi connectivity index (χ0v) is 11.4. The van der Waals surface area contributed by atoms with Crippen LogP contribution in [0.5, 0.6) is 0 Å². The lowest BCUT2D eigenvalue weighted by Gasteiger charge is -2.28. The first-order valence-electron chi connectivity index (χ1n) is 6.36. The lowest BCUT2D eigenvalue weighted by atomic mass is 9.91. The topological polar surface area (TPSA) is 3.24 Å². The molecule has 2 heteroatoms. The van der Waals surface area contributed by atoms with Crippen LogP contribution in [0.2, 0.25) is 5.02 Å². The van der Waals surface area contributed by atoms with Crippen molar-refractivity contribution in [3.63, 3.8) is 0 Å².